The van der Waals surface area contributed by atoms with Crippen molar-refractivity contribution >= 4 is 11.7 Å². The summed E-state index contributed by atoms with van der Waals surface area (Å²) < 4.78 is 43.5. The Labute approximate surface area is 90.0 Å². The fourth-order valence-electron chi connectivity index (χ4n) is 1.09. The number of ether oxygens (including phenoxy) is 1. The van der Waals surface area contributed by atoms with Crippen LogP contribution in [-0.4, -0.2) is 12.1 Å². The Morgan fingerprint density at radius 1 is 1.31 bits per heavy atom. The summed E-state index contributed by atoms with van der Waals surface area (Å²) in [6.45, 7) is 3.07. The maximum Gasteiger partial charge on any atom is 0.343 e. The first kappa shape index (κ1) is 12.4. The van der Waals surface area contributed by atoms with Gasteiger partial charge in [0.1, 0.15) is 11.4 Å². The van der Waals surface area contributed by atoms with E-state index in [1.807, 2.05) is 0 Å². The third kappa shape index (κ3) is 2.26. The summed E-state index contributed by atoms with van der Waals surface area (Å²) in [6, 6.07) is 0.253. The lowest BCUT2D eigenvalue weighted by molar-refractivity contribution is 0.0373. The van der Waals surface area contributed by atoms with Gasteiger partial charge in [-0.05, 0) is 13.8 Å². The van der Waals surface area contributed by atoms with E-state index in [1.54, 1.807) is 0 Å². The zero-order valence-electron chi connectivity index (χ0n) is 8.68. The van der Waals surface area contributed by atoms with Crippen molar-refractivity contribution in [1.82, 2.24) is 0 Å². The highest BCUT2D eigenvalue weighted by Gasteiger charge is 2.23. The molecule has 0 amide bonds. The predicted octanol–water partition coefficient (Wildman–Crippen LogP) is 2.25. The van der Waals surface area contributed by atoms with Crippen LogP contribution in [-0.2, 0) is 4.74 Å². The molecule has 0 fully saturated rings. The summed E-state index contributed by atoms with van der Waals surface area (Å²) in [5, 5.41) is 0. The molecule has 0 bridgehead atoms. The number of esters is 1. The number of anilines is 1. The Morgan fingerprint density at radius 3 is 2.38 bits per heavy atom. The van der Waals surface area contributed by atoms with E-state index in [2.05, 4.69) is 4.74 Å². The smallest absolute Gasteiger partial charge is 0.343 e. The molecular formula is C10H10F3NO2. The first-order valence-electron chi connectivity index (χ1n) is 4.48. The van der Waals surface area contributed by atoms with Crippen LogP contribution in [0, 0.1) is 17.5 Å². The van der Waals surface area contributed by atoms with E-state index in [1.165, 1.54) is 13.8 Å². The third-order valence-corrected chi connectivity index (χ3v) is 1.75. The van der Waals surface area contributed by atoms with Crippen LogP contribution in [0.5, 0.6) is 0 Å². The van der Waals surface area contributed by atoms with Crippen LogP contribution in [0.15, 0.2) is 6.07 Å². The Morgan fingerprint density at radius 2 is 1.88 bits per heavy atom. The third-order valence-electron chi connectivity index (χ3n) is 1.75. The second kappa shape index (κ2) is 4.42. The normalized spacial score (nSPS) is 10.6. The molecule has 88 valence electrons. The Bertz CT molecular complexity index is 433. The number of carbonyl (C=O) groups excluding carboxylic acids is 1. The highest BCUT2D eigenvalue weighted by Crippen LogP contribution is 2.23. The van der Waals surface area contributed by atoms with Crippen LogP contribution in [0.3, 0.4) is 0 Å². The van der Waals surface area contributed by atoms with Gasteiger partial charge in [-0.1, -0.05) is 0 Å². The standard InChI is InChI=1S/C10H10F3NO2/c1-4(2)16-10(15)7-5(11)3-6(12)8(13)9(7)14/h3-4H,14H2,1-2H3. The van der Waals surface area contributed by atoms with E-state index in [4.69, 9.17) is 5.73 Å². The predicted molar refractivity (Wildman–Crippen MR) is 51.3 cm³/mol. The van der Waals surface area contributed by atoms with Gasteiger partial charge in [0.15, 0.2) is 11.6 Å². The van der Waals surface area contributed by atoms with Crippen LogP contribution in [0.1, 0.15) is 24.2 Å². The molecule has 0 atom stereocenters. The minimum absolute atomic E-state index is 0.253. The highest BCUT2D eigenvalue weighted by atomic mass is 19.2. The summed E-state index contributed by atoms with van der Waals surface area (Å²) in [5.41, 5.74) is 3.43. The van der Waals surface area contributed by atoms with Gasteiger partial charge in [0.05, 0.1) is 11.8 Å². The van der Waals surface area contributed by atoms with Gasteiger partial charge in [-0.2, -0.15) is 0 Å². The van der Waals surface area contributed by atoms with Crippen LogP contribution in [0.2, 0.25) is 0 Å². The number of hydrogen-bond acceptors (Lipinski definition) is 3. The molecule has 0 heterocycles. The number of carbonyl (C=O) groups is 1. The number of nitrogen functional groups attached to an aromatic ring is 1. The average Bonchev–Trinajstić information content (AvgIpc) is 2.13. The van der Waals surface area contributed by atoms with Gasteiger partial charge in [0.2, 0.25) is 0 Å². The molecule has 1 aromatic rings. The molecule has 0 saturated carbocycles. The summed E-state index contributed by atoms with van der Waals surface area (Å²) in [5.74, 6) is -5.28. The van der Waals surface area contributed by atoms with Crippen LogP contribution >= 0.6 is 0 Å². The summed E-state index contributed by atoms with van der Waals surface area (Å²) in [7, 11) is 0. The molecule has 0 aliphatic carbocycles. The number of halogens is 3. The van der Waals surface area contributed by atoms with Crippen molar-refractivity contribution < 1.29 is 22.7 Å². The van der Waals surface area contributed by atoms with Gasteiger partial charge in [0.25, 0.3) is 0 Å². The lowest BCUT2D eigenvalue weighted by atomic mass is 10.1. The molecule has 0 spiro atoms. The minimum atomic E-state index is -1.46. The lowest BCUT2D eigenvalue weighted by Crippen LogP contribution is -2.16. The molecule has 1 rings (SSSR count). The zero-order valence-corrected chi connectivity index (χ0v) is 8.68. The molecule has 0 radical (unpaired) electrons. The van der Waals surface area contributed by atoms with Crippen LogP contribution < -0.4 is 5.73 Å². The summed E-state index contributed by atoms with van der Waals surface area (Å²) in [6.07, 6.45) is -0.514. The maximum atomic E-state index is 13.2. The second-order valence-electron chi connectivity index (χ2n) is 3.40. The molecule has 2 N–H and O–H groups in total. The molecule has 6 heteroatoms. The molecule has 16 heavy (non-hydrogen) atoms. The number of nitrogens with two attached hydrogens (primary N) is 1. The molecule has 0 unspecified atom stereocenters. The molecule has 0 aromatic heterocycles. The largest absolute Gasteiger partial charge is 0.459 e. The van der Waals surface area contributed by atoms with Crippen molar-refractivity contribution in [2.24, 2.45) is 0 Å². The second-order valence-corrected chi connectivity index (χ2v) is 3.40. The Hall–Kier alpha value is -1.72. The van der Waals surface area contributed by atoms with Crippen molar-refractivity contribution in [1.29, 1.82) is 0 Å². The molecule has 3 nitrogen and oxygen atoms in total. The van der Waals surface area contributed by atoms with Gasteiger partial charge in [-0.15, -0.1) is 0 Å². The Balaban J connectivity index is 3.24. The number of hydrogen-bond donors (Lipinski definition) is 1. The summed E-state index contributed by atoms with van der Waals surface area (Å²) >= 11 is 0. The lowest BCUT2D eigenvalue weighted by Gasteiger charge is -2.11. The SMILES string of the molecule is CC(C)OC(=O)c1c(F)cc(F)c(F)c1N. The highest BCUT2D eigenvalue weighted by molar-refractivity contribution is 5.95. The average molecular weight is 233 g/mol. The topological polar surface area (TPSA) is 52.3 Å². The summed E-state index contributed by atoms with van der Waals surface area (Å²) in [4.78, 5) is 11.3. The fraction of sp³-hybridized carbons (Fsp3) is 0.300. The fourth-order valence-corrected chi connectivity index (χ4v) is 1.09. The van der Waals surface area contributed by atoms with E-state index in [0.29, 0.717) is 0 Å². The van der Waals surface area contributed by atoms with E-state index in [-0.39, 0.29) is 6.07 Å². The van der Waals surface area contributed by atoms with E-state index >= 15 is 0 Å². The van der Waals surface area contributed by atoms with Gasteiger partial charge in [-0.3, -0.25) is 0 Å². The van der Waals surface area contributed by atoms with Crippen LogP contribution in [0.25, 0.3) is 0 Å². The van der Waals surface area contributed by atoms with E-state index < -0.39 is 40.8 Å². The zero-order chi connectivity index (χ0) is 12.5. The van der Waals surface area contributed by atoms with Crippen molar-refractivity contribution in [2.75, 3.05) is 5.73 Å². The van der Waals surface area contributed by atoms with Crippen molar-refractivity contribution in [3.05, 3.63) is 29.1 Å². The first-order chi connectivity index (χ1) is 7.34. The molecular weight excluding hydrogens is 223 g/mol. The molecule has 1 aromatic carbocycles. The quantitative estimate of drug-likeness (QED) is 0.484. The molecule has 0 aliphatic heterocycles. The molecule has 0 aliphatic rings. The number of benzene rings is 1. The van der Waals surface area contributed by atoms with Gasteiger partial charge in [0, 0.05) is 6.07 Å². The van der Waals surface area contributed by atoms with Crippen molar-refractivity contribution in [3.63, 3.8) is 0 Å². The Kier molecular flexibility index (Phi) is 3.41. The number of rotatable bonds is 2. The van der Waals surface area contributed by atoms with E-state index in [0.717, 1.165) is 0 Å². The monoisotopic (exact) mass is 233 g/mol. The van der Waals surface area contributed by atoms with Gasteiger partial charge in [-0.25, -0.2) is 18.0 Å². The van der Waals surface area contributed by atoms with Crippen LogP contribution in [0.4, 0.5) is 18.9 Å². The first-order valence-corrected chi connectivity index (χ1v) is 4.48. The van der Waals surface area contributed by atoms with E-state index in [9.17, 15) is 18.0 Å². The maximum absolute atomic E-state index is 13.2. The van der Waals surface area contributed by atoms with Crippen molar-refractivity contribution in [2.45, 2.75) is 20.0 Å². The van der Waals surface area contributed by atoms with Gasteiger partial charge >= 0.3 is 5.97 Å². The molecule has 0 saturated heterocycles. The minimum Gasteiger partial charge on any atom is -0.459 e. The van der Waals surface area contributed by atoms with Crippen molar-refractivity contribution in [3.8, 4) is 0 Å². The van der Waals surface area contributed by atoms with Gasteiger partial charge < -0.3 is 10.5 Å².